The predicted octanol–water partition coefficient (Wildman–Crippen LogP) is 5.63. The molecular weight excluding hydrogens is 563 g/mol. The molecule has 1 unspecified atom stereocenters. The first kappa shape index (κ1) is 29.8. The van der Waals surface area contributed by atoms with E-state index in [2.05, 4.69) is 19.6 Å². The molecule has 1 N–H and O–H groups in total. The number of piperidine rings is 1. The molecule has 0 amide bonds. The molecule has 1 saturated heterocycles. The molecule has 1 fully saturated rings. The predicted molar refractivity (Wildman–Crippen MR) is 144 cm³/mol. The summed E-state index contributed by atoms with van der Waals surface area (Å²) < 4.78 is 93.2. The van der Waals surface area contributed by atoms with Crippen LogP contribution in [0.4, 0.5) is 22.0 Å². The van der Waals surface area contributed by atoms with E-state index in [0.717, 1.165) is 30.0 Å². The number of ether oxygens (including phenoxy) is 1. The number of alkyl halides is 3. The number of pyridine rings is 2. The summed E-state index contributed by atoms with van der Waals surface area (Å²) in [4.78, 5) is 10.6. The van der Waals surface area contributed by atoms with Crippen LogP contribution in [0.3, 0.4) is 0 Å². The van der Waals surface area contributed by atoms with Gasteiger partial charge in [0.05, 0.1) is 17.9 Å². The van der Waals surface area contributed by atoms with Crippen molar-refractivity contribution in [3.05, 3.63) is 94.6 Å². The summed E-state index contributed by atoms with van der Waals surface area (Å²) in [5.74, 6) is -2.75. The molecule has 0 bridgehead atoms. The fraction of sp³-hybridized carbons (Fsp3) is 0.448. The number of rotatable bonds is 6. The highest BCUT2D eigenvalue weighted by Gasteiger charge is 2.62. The lowest BCUT2D eigenvalue weighted by Gasteiger charge is -2.39. The van der Waals surface area contributed by atoms with Gasteiger partial charge in [-0.3, -0.25) is 14.9 Å². The molecule has 2 aliphatic rings. The lowest BCUT2D eigenvalue weighted by Crippen LogP contribution is -2.60. The first-order valence-corrected chi connectivity index (χ1v) is 14.4. The number of likely N-dealkylation sites (tertiary alicyclic amines) is 1. The lowest BCUT2D eigenvalue weighted by molar-refractivity contribution is -0.182. The van der Waals surface area contributed by atoms with Crippen molar-refractivity contribution in [3.8, 4) is 0 Å². The first-order chi connectivity index (χ1) is 19.2. The quantitative estimate of drug-likeness (QED) is 0.295. The number of fused-ring (bicyclic) bond motifs is 2. The van der Waals surface area contributed by atoms with Crippen LogP contribution in [0.15, 0.2) is 55.0 Å². The summed E-state index contributed by atoms with van der Waals surface area (Å²) in [6.45, 7) is 6.95. The zero-order chi connectivity index (χ0) is 29.6. The van der Waals surface area contributed by atoms with E-state index >= 15 is 0 Å². The second-order valence-electron chi connectivity index (χ2n) is 11.5. The van der Waals surface area contributed by atoms with Crippen LogP contribution in [-0.2, 0) is 40.4 Å². The molecule has 0 radical (unpaired) electrons. The molecule has 5 rings (SSSR count). The van der Waals surface area contributed by atoms with E-state index in [0.29, 0.717) is 43.9 Å². The van der Waals surface area contributed by atoms with Gasteiger partial charge in [-0.15, -0.1) is 4.72 Å². The Morgan fingerprint density at radius 2 is 1.76 bits per heavy atom. The standard InChI is InChI=1S/C29H31F5N4O2S/c1-26(2,3)41(39)37-28(29(32,33)34,21-5-6-23(30)24(31)14-21)25-7-4-19(15-36-25)17-38-12-9-27(10-13-38)22-16-35-11-8-20(22)18-40-27/h4-8,11,14-16,37H,9-10,12-13,17-18H2,1-3H3/t28-,41?/m0/s1. The molecule has 220 valence electrons. The molecular formula is C29H31F5N4O2S. The average molecular weight is 595 g/mol. The fourth-order valence-electron chi connectivity index (χ4n) is 5.38. The van der Waals surface area contributed by atoms with E-state index in [9.17, 15) is 26.5 Å². The molecule has 1 spiro atoms. The number of nitrogens with zero attached hydrogens (tertiary/aromatic N) is 3. The summed E-state index contributed by atoms with van der Waals surface area (Å²) in [7, 11) is 0. The van der Waals surface area contributed by atoms with Crippen molar-refractivity contribution < 1.29 is 31.2 Å². The minimum absolute atomic E-state index is 0.368. The lowest BCUT2D eigenvalue weighted by atomic mass is 9.84. The molecule has 2 aliphatic heterocycles. The Morgan fingerprint density at radius 3 is 2.37 bits per heavy atom. The molecule has 2 atom stereocenters. The summed E-state index contributed by atoms with van der Waals surface area (Å²) in [6, 6.07) is 6.61. The van der Waals surface area contributed by atoms with Gasteiger partial charge >= 0.3 is 6.18 Å². The van der Waals surface area contributed by atoms with Crippen molar-refractivity contribution >= 4 is 11.4 Å². The minimum Gasteiger partial charge on any atom is -0.598 e. The van der Waals surface area contributed by atoms with Crippen LogP contribution in [0, 0.1) is 11.6 Å². The maximum absolute atomic E-state index is 15.0. The van der Waals surface area contributed by atoms with Crippen LogP contribution in [0.2, 0.25) is 0 Å². The molecule has 0 saturated carbocycles. The Kier molecular flexibility index (Phi) is 7.92. The summed E-state index contributed by atoms with van der Waals surface area (Å²) in [5.41, 5.74) is -1.77. The number of nitrogens with one attached hydrogen (secondary N) is 1. The van der Waals surface area contributed by atoms with Crippen molar-refractivity contribution in [2.24, 2.45) is 0 Å². The first-order valence-electron chi connectivity index (χ1n) is 13.2. The maximum Gasteiger partial charge on any atom is 0.420 e. The van der Waals surface area contributed by atoms with Crippen LogP contribution in [0.5, 0.6) is 0 Å². The third kappa shape index (κ3) is 5.60. The van der Waals surface area contributed by atoms with Crippen molar-refractivity contribution in [2.75, 3.05) is 13.1 Å². The highest BCUT2D eigenvalue weighted by molar-refractivity contribution is 7.90. The number of hydrogen-bond donors (Lipinski definition) is 1. The van der Waals surface area contributed by atoms with Gasteiger partial charge in [-0.2, -0.15) is 13.2 Å². The number of benzene rings is 1. The second-order valence-corrected chi connectivity index (χ2v) is 13.5. The van der Waals surface area contributed by atoms with Gasteiger partial charge in [-0.1, -0.05) is 12.1 Å². The molecule has 3 aromatic rings. The number of hydrogen-bond acceptors (Lipinski definition) is 6. The summed E-state index contributed by atoms with van der Waals surface area (Å²) >= 11 is -2.25. The van der Waals surface area contributed by atoms with E-state index in [4.69, 9.17) is 4.74 Å². The van der Waals surface area contributed by atoms with E-state index in [1.165, 1.54) is 39.1 Å². The highest BCUT2D eigenvalue weighted by atomic mass is 32.2. The fourth-order valence-corrected chi connectivity index (χ4v) is 6.31. The topological polar surface area (TPSA) is 73.3 Å². The summed E-state index contributed by atoms with van der Waals surface area (Å²) in [6.07, 6.45) is 1.36. The van der Waals surface area contributed by atoms with Crippen molar-refractivity contribution in [1.29, 1.82) is 0 Å². The van der Waals surface area contributed by atoms with Gasteiger partial charge in [-0.05, 0) is 74.6 Å². The average Bonchev–Trinajstić information content (AvgIpc) is 3.27. The molecule has 6 nitrogen and oxygen atoms in total. The Hall–Kier alpha value is -2.64. The van der Waals surface area contributed by atoms with Crippen LogP contribution in [0.1, 0.15) is 61.6 Å². The molecule has 0 aliphatic carbocycles. The molecule has 41 heavy (non-hydrogen) atoms. The Morgan fingerprint density at radius 1 is 1.02 bits per heavy atom. The maximum atomic E-state index is 15.0. The van der Waals surface area contributed by atoms with Gasteiger partial charge in [0.15, 0.2) is 11.6 Å². The van der Waals surface area contributed by atoms with E-state index in [1.54, 1.807) is 6.20 Å². The summed E-state index contributed by atoms with van der Waals surface area (Å²) in [5, 5.41) is 0. The van der Waals surface area contributed by atoms with Gasteiger partial charge in [0.25, 0.3) is 0 Å². The molecule has 12 heteroatoms. The van der Waals surface area contributed by atoms with Gasteiger partial charge in [0.2, 0.25) is 5.54 Å². The van der Waals surface area contributed by atoms with Crippen LogP contribution in [0.25, 0.3) is 0 Å². The molecule has 2 aromatic heterocycles. The van der Waals surface area contributed by atoms with Gasteiger partial charge in [0, 0.05) is 55.2 Å². The third-order valence-corrected chi connectivity index (χ3v) is 9.37. The van der Waals surface area contributed by atoms with Crippen LogP contribution >= 0.6 is 0 Å². The molecule has 1 aromatic carbocycles. The highest BCUT2D eigenvalue weighted by Crippen LogP contribution is 2.46. The monoisotopic (exact) mass is 594 g/mol. The van der Waals surface area contributed by atoms with Gasteiger partial charge in [-0.25, -0.2) is 8.78 Å². The Bertz CT molecular complexity index is 1390. The van der Waals surface area contributed by atoms with Crippen LogP contribution < -0.4 is 4.72 Å². The SMILES string of the molecule is CC(C)(C)[S+]([O-])N[C@@](c1ccc(F)c(F)c1)(c1ccc(CN2CCC3(CC2)OCc2ccncc23)cn1)C(F)(F)F. The zero-order valence-electron chi connectivity index (χ0n) is 22.9. The van der Waals surface area contributed by atoms with Crippen LogP contribution in [-0.4, -0.2) is 43.4 Å². The molecule has 4 heterocycles. The Labute approximate surface area is 238 Å². The second kappa shape index (κ2) is 10.9. The number of halogens is 5. The van der Waals surface area contributed by atoms with Gasteiger partial charge in [0.1, 0.15) is 4.75 Å². The van der Waals surface area contributed by atoms with Crippen molar-refractivity contribution in [2.45, 2.75) is 68.8 Å². The van der Waals surface area contributed by atoms with Gasteiger partial charge < -0.3 is 9.29 Å². The third-order valence-electron chi connectivity index (χ3n) is 7.76. The van der Waals surface area contributed by atoms with E-state index in [-0.39, 0.29) is 5.60 Å². The number of aromatic nitrogens is 2. The largest absolute Gasteiger partial charge is 0.598 e. The normalized spacial score (nSPS) is 19.6. The van der Waals surface area contributed by atoms with Crippen molar-refractivity contribution in [3.63, 3.8) is 0 Å². The minimum atomic E-state index is -5.11. The zero-order valence-corrected chi connectivity index (χ0v) is 23.7. The smallest absolute Gasteiger partial charge is 0.420 e. The van der Waals surface area contributed by atoms with Crippen molar-refractivity contribution in [1.82, 2.24) is 19.6 Å². The van der Waals surface area contributed by atoms with E-state index in [1.807, 2.05) is 12.3 Å². The van der Waals surface area contributed by atoms with E-state index < -0.39 is 50.7 Å². The Balaban J connectivity index is 1.41.